The molecule has 4 aromatic rings. The number of aryl methyl sites for hydroxylation is 1. The van der Waals surface area contributed by atoms with E-state index < -0.39 is 17.5 Å². The van der Waals surface area contributed by atoms with Crippen molar-refractivity contribution in [1.82, 2.24) is 15.6 Å². The number of thiazole rings is 1. The molecule has 0 atom stereocenters. The van der Waals surface area contributed by atoms with Crippen LogP contribution >= 0.6 is 11.3 Å². The number of aromatic nitrogens is 1. The molecule has 5 rings (SSSR count). The van der Waals surface area contributed by atoms with E-state index in [9.17, 15) is 18.4 Å². The second-order valence-corrected chi connectivity index (χ2v) is 9.89. The molecular formula is C28H24F2N4O2S. The van der Waals surface area contributed by atoms with Gasteiger partial charge >= 0.3 is 0 Å². The molecule has 188 valence electrons. The Hall–Kier alpha value is -4.11. The number of hydrogen-bond donors (Lipinski definition) is 3. The molecule has 0 aliphatic heterocycles. The van der Waals surface area contributed by atoms with Gasteiger partial charge < -0.3 is 16.0 Å². The van der Waals surface area contributed by atoms with Gasteiger partial charge in [0.1, 0.15) is 16.5 Å². The average molecular weight is 519 g/mol. The summed E-state index contributed by atoms with van der Waals surface area (Å²) < 4.78 is 28.3. The topological polar surface area (TPSA) is 83.1 Å². The zero-order valence-electron chi connectivity index (χ0n) is 20.0. The first kappa shape index (κ1) is 24.6. The Kier molecular flexibility index (Phi) is 6.96. The van der Waals surface area contributed by atoms with Crippen LogP contribution in [0.4, 0.5) is 19.6 Å². The molecule has 9 heteroatoms. The van der Waals surface area contributed by atoms with E-state index in [-0.39, 0.29) is 34.6 Å². The highest BCUT2D eigenvalue weighted by Gasteiger charge is 2.25. The number of amides is 2. The fraction of sp³-hybridized carbons (Fsp3) is 0.179. The van der Waals surface area contributed by atoms with Crippen LogP contribution in [0.3, 0.4) is 0 Å². The largest absolute Gasteiger partial charge is 0.349 e. The van der Waals surface area contributed by atoms with Gasteiger partial charge in [-0.2, -0.15) is 0 Å². The van der Waals surface area contributed by atoms with Crippen LogP contribution in [0.5, 0.6) is 0 Å². The maximum Gasteiger partial charge on any atom is 0.264 e. The van der Waals surface area contributed by atoms with Crippen LogP contribution in [0.2, 0.25) is 0 Å². The van der Waals surface area contributed by atoms with E-state index in [0.29, 0.717) is 16.4 Å². The summed E-state index contributed by atoms with van der Waals surface area (Å²) in [4.78, 5) is 30.4. The zero-order valence-corrected chi connectivity index (χ0v) is 20.8. The van der Waals surface area contributed by atoms with Gasteiger partial charge in [-0.15, -0.1) is 0 Å². The SMILES string of the molecule is Cc1ccc(C(=O)NC2CC2)cc1Nc1nc(-c2ccc(F)cc2F)c(C(=O)NCc2ccccc2)s1. The lowest BCUT2D eigenvalue weighted by Crippen LogP contribution is -2.25. The number of nitrogens with zero attached hydrogens (tertiary/aromatic N) is 1. The fourth-order valence-electron chi connectivity index (χ4n) is 3.76. The molecule has 0 radical (unpaired) electrons. The molecule has 1 fully saturated rings. The molecule has 1 aromatic heterocycles. The molecule has 1 aliphatic rings. The van der Waals surface area contributed by atoms with Gasteiger partial charge in [0.15, 0.2) is 5.13 Å². The van der Waals surface area contributed by atoms with Crippen LogP contribution in [0.25, 0.3) is 11.3 Å². The van der Waals surface area contributed by atoms with Crippen molar-refractivity contribution in [3.8, 4) is 11.3 Å². The summed E-state index contributed by atoms with van der Waals surface area (Å²) >= 11 is 1.05. The summed E-state index contributed by atoms with van der Waals surface area (Å²) in [6.45, 7) is 2.16. The van der Waals surface area contributed by atoms with Crippen molar-refractivity contribution in [3.63, 3.8) is 0 Å². The Balaban J connectivity index is 1.45. The lowest BCUT2D eigenvalue weighted by molar-refractivity contribution is 0.0944. The van der Waals surface area contributed by atoms with Crippen LogP contribution in [0.15, 0.2) is 66.7 Å². The first-order valence-corrected chi connectivity index (χ1v) is 12.7. The van der Waals surface area contributed by atoms with Crippen LogP contribution in [0.1, 0.15) is 44.0 Å². The van der Waals surface area contributed by atoms with Crippen molar-refractivity contribution in [1.29, 1.82) is 0 Å². The molecular weight excluding hydrogens is 494 g/mol. The number of anilines is 2. The third-order valence-electron chi connectivity index (χ3n) is 5.97. The van der Waals surface area contributed by atoms with E-state index in [0.717, 1.165) is 47.4 Å². The van der Waals surface area contributed by atoms with E-state index in [2.05, 4.69) is 20.9 Å². The number of carbonyl (C=O) groups is 2. The van der Waals surface area contributed by atoms with Gasteiger partial charge in [0.2, 0.25) is 0 Å². The Morgan fingerprint density at radius 2 is 1.78 bits per heavy atom. The maximum absolute atomic E-state index is 14.7. The van der Waals surface area contributed by atoms with Crippen LogP contribution in [-0.4, -0.2) is 22.8 Å². The normalized spacial score (nSPS) is 12.7. The van der Waals surface area contributed by atoms with Crippen LogP contribution < -0.4 is 16.0 Å². The first-order valence-electron chi connectivity index (χ1n) is 11.8. The number of halogens is 2. The summed E-state index contributed by atoms with van der Waals surface area (Å²) in [5.41, 5.74) is 3.04. The lowest BCUT2D eigenvalue weighted by atomic mass is 10.1. The fourth-order valence-corrected chi connectivity index (χ4v) is 4.67. The molecule has 0 bridgehead atoms. The minimum atomic E-state index is -0.816. The monoisotopic (exact) mass is 518 g/mol. The van der Waals surface area contributed by atoms with Gasteiger partial charge in [-0.05, 0) is 55.2 Å². The second kappa shape index (κ2) is 10.5. The second-order valence-electron chi connectivity index (χ2n) is 8.89. The number of hydrogen-bond acceptors (Lipinski definition) is 5. The molecule has 2 amide bonds. The molecule has 1 saturated carbocycles. The average Bonchev–Trinajstić information content (AvgIpc) is 3.61. The lowest BCUT2D eigenvalue weighted by Gasteiger charge is -2.10. The van der Waals surface area contributed by atoms with E-state index in [1.165, 1.54) is 6.07 Å². The Morgan fingerprint density at radius 3 is 2.51 bits per heavy atom. The third kappa shape index (κ3) is 5.83. The van der Waals surface area contributed by atoms with E-state index in [1.807, 2.05) is 43.3 Å². The smallest absolute Gasteiger partial charge is 0.264 e. The van der Waals surface area contributed by atoms with Crippen molar-refractivity contribution in [3.05, 3.63) is 99.9 Å². The summed E-state index contributed by atoms with van der Waals surface area (Å²) in [7, 11) is 0. The van der Waals surface area contributed by atoms with E-state index >= 15 is 0 Å². The minimum absolute atomic E-state index is 0.0184. The van der Waals surface area contributed by atoms with Gasteiger partial charge in [-0.1, -0.05) is 47.7 Å². The minimum Gasteiger partial charge on any atom is -0.349 e. The van der Waals surface area contributed by atoms with E-state index in [1.54, 1.807) is 12.1 Å². The highest BCUT2D eigenvalue weighted by atomic mass is 32.1. The summed E-state index contributed by atoms with van der Waals surface area (Å²) in [6, 6.07) is 18.1. The Labute approximate surface area is 216 Å². The predicted molar refractivity (Wildman–Crippen MR) is 140 cm³/mol. The highest BCUT2D eigenvalue weighted by molar-refractivity contribution is 7.18. The molecule has 3 N–H and O–H groups in total. The van der Waals surface area contributed by atoms with Gasteiger partial charge in [0.25, 0.3) is 11.8 Å². The van der Waals surface area contributed by atoms with Crippen LogP contribution in [-0.2, 0) is 6.54 Å². The van der Waals surface area contributed by atoms with E-state index in [4.69, 9.17) is 0 Å². The van der Waals surface area contributed by atoms with Crippen molar-refractivity contribution in [2.24, 2.45) is 0 Å². The zero-order chi connectivity index (χ0) is 25.9. The quantitative estimate of drug-likeness (QED) is 0.269. The maximum atomic E-state index is 14.7. The summed E-state index contributed by atoms with van der Waals surface area (Å²) in [6.07, 6.45) is 1.97. The van der Waals surface area contributed by atoms with Gasteiger partial charge in [-0.3, -0.25) is 9.59 Å². The molecule has 1 aliphatic carbocycles. The Morgan fingerprint density at radius 1 is 1.00 bits per heavy atom. The number of nitrogens with one attached hydrogen (secondary N) is 3. The highest BCUT2D eigenvalue weighted by Crippen LogP contribution is 2.35. The van der Waals surface area contributed by atoms with Crippen LogP contribution in [0, 0.1) is 18.6 Å². The van der Waals surface area contributed by atoms with Gasteiger partial charge in [0, 0.05) is 35.5 Å². The molecule has 0 spiro atoms. The number of benzene rings is 3. The van der Waals surface area contributed by atoms with Crippen molar-refractivity contribution in [2.75, 3.05) is 5.32 Å². The summed E-state index contributed by atoms with van der Waals surface area (Å²) in [5, 5.41) is 9.33. The molecule has 6 nitrogen and oxygen atoms in total. The number of carbonyl (C=O) groups excluding carboxylic acids is 2. The van der Waals surface area contributed by atoms with Gasteiger partial charge in [0.05, 0.1) is 5.69 Å². The van der Waals surface area contributed by atoms with Crippen molar-refractivity contribution in [2.45, 2.75) is 32.4 Å². The Bertz CT molecular complexity index is 1470. The molecule has 37 heavy (non-hydrogen) atoms. The first-order chi connectivity index (χ1) is 17.9. The van der Waals surface area contributed by atoms with Gasteiger partial charge in [-0.25, -0.2) is 13.8 Å². The molecule has 1 heterocycles. The number of rotatable bonds is 8. The predicted octanol–water partition coefficient (Wildman–Crippen LogP) is 5.96. The third-order valence-corrected chi connectivity index (χ3v) is 6.94. The molecule has 0 unspecified atom stereocenters. The summed E-state index contributed by atoms with van der Waals surface area (Å²) in [5.74, 6) is -2.12. The van der Waals surface area contributed by atoms with Crippen molar-refractivity contribution < 1.29 is 18.4 Å². The standard InChI is InChI=1S/C28H24F2N4O2S/c1-16-7-8-18(26(35)32-20-10-11-20)13-23(16)33-28-34-24(21-12-9-19(29)14-22(21)30)25(37-28)27(36)31-15-17-5-3-2-4-6-17/h2-9,12-14,20H,10-11,15H2,1H3,(H,31,36)(H,32,35)(H,33,34). The molecule has 0 saturated heterocycles. The molecule has 3 aromatic carbocycles. The van der Waals surface area contributed by atoms with Crippen molar-refractivity contribution >= 4 is 34.0 Å².